The molecule has 1 aromatic carbocycles. The van der Waals surface area contributed by atoms with Crippen molar-refractivity contribution in [2.75, 3.05) is 6.54 Å². The summed E-state index contributed by atoms with van der Waals surface area (Å²) in [5.74, 6) is -0.389. The Morgan fingerprint density at radius 1 is 1.18 bits per heavy atom. The number of halogens is 1. The minimum absolute atomic E-state index is 0.00881. The van der Waals surface area contributed by atoms with Crippen LogP contribution in [-0.2, 0) is 26.2 Å². The Balaban J connectivity index is 1.38. The molecule has 0 saturated heterocycles. The molecule has 28 heavy (non-hydrogen) atoms. The zero-order chi connectivity index (χ0) is 20.0. The van der Waals surface area contributed by atoms with Gasteiger partial charge in [-0.25, -0.2) is 17.5 Å². The fourth-order valence-corrected chi connectivity index (χ4v) is 3.24. The Hall–Kier alpha value is -3.05. The second-order valence-corrected chi connectivity index (χ2v) is 7.36. The molecule has 0 radical (unpaired) electrons. The first-order valence-corrected chi connectivity index (χ1v) is 9.69. The molecular weight excluding hydrogens is 393 g/mol. The van der Waals surface area contributed by atoms with Crippen LogP contribution in [0.15, 0.2) is 56.4 Å². The highest BCUT2D eigenvalue weighted by Crippen LogP contribution is 2.18. The monoisotopic (exact) mass is 409 g/mol. The Labute approximate surface area is 159 Å². The number of carbonyl (C=O) groups excluding carboxylic acids is 1. The van der Waals surface area contributed by atoms with E-state index < -0.39 is 21.8 Å². The number of carbonyl (C=O) groups is 1. The second kappa shape index (κ2) is 8.76. The largest absolute Gasteiger partial charge is 0.459 e. The molecule has 148 valence electrons. The van der Waals surface area contributed by atoms with Crippen molar-refractivity contribution in [1.82, 2.24) is 14.9 Å². The SMILES string of the molecule is O=C(CCCNS(=O)(=O)c1ccc(F)cc1)OCc1nnc(-c2ccco2)o1. The summed E-state index contributed by atoms with van der Waals surface area (Å²) in [6.07, 6.45) is 1.68. The summed E-state index contributed by atoms with van der Waals surface area (Å²) in [6, 6.07) is 7.75. The molecule has 1 N–H and O–H groups in total. The van der Waals surface area contributed by atoms with E-state index in [0.29, 0.717) is 5.76 Å². The number of furan rings is 1. The van der Waals surface area contributed by atoms with Gasteiger partial charge in [0.25, 0.3) is 11.8 Å². The first kappa shape index (κ1) is 19.7. The van der Waals surface area contributed by atoms with E-state index in [1.54, 1.807) is 12.1 Å². The number of benzene rings is 1. The molecule has 0 aliphatic carbocycles. The number of nitrogens with zero attached hydrogens (tertiary/aromatic N) is 2. The third kappa shape index (κ3) is 5.24. The van der Waals surface area contributed by atoms with Crippen molar-refractivity contribution in [1.29, 1.82) is 0 Å². The molecular formula is C17H16FN3O6S. The van der Waals surface area contributed by atoms with E-state index in [-0.39, 0.29) is 42.7 Å². The lowest BCUT2D eigenvalue weighted by Crippen LogP contribution is -2.25. The van der Waals surface area contributed by atoms with E-state index in [4.69, 9.17) is 13.6 Å². The van der Waals surface area contributed by atoms with Gasteiger partial charge in [-0.05, 0) is 42.8 Å². The van der Waals surface area contributed by atoms with Crippen molar-refractivity contribution >= 4 is 16.0 Å². The molecule has 0 atom stereocenters. The highest BCUT2D eigenvalue weighted by molar-refractivity contribution is 7.89. The second-order valence-electron chi connectivity index (χ2n) is 5.59. The van der Waals surface area contributed by atoms with E-state index in [9.17, 15) is 17.6 Å². The minimum atomic E-state index is -3.76. The van der Waals surface area contributed by atoms with E-state index in [1.807, 2.05) is 0 Å². The van der Waals surface area contributed by atoms with Crippen molar-refractivity contribution in [3.8, 4) is 11.7 Å². The zero-order valence-corrected chi connectivity index (χ0v) is 15.3. The molecule has 11 heteroatoms. The van der Waals surface area contributed by atoms with E-state index in [1.165, 1.54) is 6.26 Å². The summed E-state index contributed by atoms with van der Waals surface area (Å²) in [7, 11) is -3.76. The fraction of sp³-hybridized carbons (Fsp3) is 0.235. The predicted octanol–water partition coefficient (Wildman–Crippen LogP) is 2.27. The lowest BCUT2D eigenvalue weighted by molar-refractivity contribution is -0.145. The molecule has 0 saturated carbocycles. The van der Waals surface area contributed by atoms with Crippen LogP contribution in [-0.4, -0.2) is 31.1 Å². The lowest BCUT2D eigenvalue weighted by Gasteiger charge is -2.06. The van der Waals surface area contributed by atoms with Crippen LogP contribution < -0.4 is 4.72 Å². The van der Waals surface area contributed by atoms with Crippen LogP contribution in [0.2, 0.25) is 0 Å². The maximum Gasteiger partial charge on any atom is 0.306 e. The number of ether oxygens (including phenoxy) is 1. The van der Waals surface area contributed by atoms with Gasteiger partial charge in [0.1, 0.15) is 5.82 Å². The molecule has 0 spiro atoms. The Kier molecular flexibility index (Phi) is 6.16. The average Bonchev–Trinajstić information content (AvgIpc) is 3.35. The van der Waals surface area contributed by atoms with Gasteiger partial charge in [-0.3, -0.25) is 4.79 Å². The summed E-state index contributed by atoms with van der Waals surface area (Å²) in [6.45, 7) is -0.175. The van der Waals surface area contributed by atoms with Crippen LogP contribution in [0, 0.1) is 5.82 Å². The molecule has 2 aromatic heterocycles. The van der Waals surface area contributed by atoms with Gasteiger partial charge in [-0.1, -0.05) is 0 Å². The van der Waals surface area contributed by atoms with Gasteiger partial charge in [0.2, 0.25) is 10.0 Å². The van der Waals surface area contributed by atoms with Crippen molar-refractivity contribution in [3.05, 3.63) is 54.4 Å². The smallest absolute Gasteiger partial charge is 0.306 e. The summed E-state index contributed by atoms with van der Waals surface area (Å²) in [5.41, 5.74) is 0. The maximum absolute atomic E-state index is 12.9. The van der Waals surface area contributed by atoms with Gasteiger partial charge in [0.15, 0.2) is 12.4 Å². The van der Waals surface area contributed by atoms with Crippen LogP contribution in [0.1, 0.15) is 18.7 Å². The first-order chi connectivity index (χ1) is 13.4. The van der Waals surface area contributed by atoms with Crippen molar-refractivity contribution in [2.45, 2.75) is 24.3 Å². The highest BCUT2D eigenvalue weighted by Gasteiger charge is 2.15. The first-order valence-electron chi connectivity index (χ1n) is 8.21. The summed E-state index contributed by atoms with van der Waals surface area (Å²) < 4.78 is 54.6. The Bertz CT molecular complexity index is 1020. The van der Waals surface area contributed by atoms with E-state index in [0.717, 1.165) is 24.3 Å². The minimum Gasteiger partial charge on any atom is -0.459 e. The Morgan fingerprint density at radius 2 is 1.96 bits per heavy atom. The van der Waals surface area contributed by atoms with Crippen LogP contribution in [0.4, 0.5) is 4.39 Å². The lowest BCUT2D eigenvalue weighted by atomic mass is 10.3. The molecule has 3 rings (SSSR count). The number of nitrogens with one attached hydrogen (secondary N) is 1. The topological polar surface area (TPSA) is 125 Å². The van der Waals surface area contributed by atoms with Crippen LogP contribution in [0.5, 0.6) is 0 Å². The molecule has 3 aromatic rings. The molecule has 0 fully saturated rings. The quantitative estimate of drug-likeness (QED) is 0.421. The average molecular weight is 409 g/mol. The molecule has 0 bridgehead atoms. The molecule has 0 amide bonds. The predicted molar refractivity (Wildman–Crippen MR) is 92.6 cm³/mol. The fourth-order valence-electron chi connectivity index (χ4n) is 2.16. The normalized spacial score (nSPS) is 11.5. The molecule has 0 unspecified atom stereocenters. The van der Waals surface area contributed by atoms with Crippen molar-refractivity contribution in [2.24, 2.45) is 0 Å². The van der Waals surface area contributed by atoms with Crippen LogP contribution in [0.25, 0.3) is 11.7 Å². The number of hydrogen-bond donors (Lipinski definition) is 1. The van der Waals surface area contributed by atoms with Crippen molar-refractivity contribution in [3.63, 3.8) is 0 Å². The van der Waals surface area contributed by atoms with Gasteiger partial charge in [0, 0.05) is 13.0 Å². The zero-order valence-electron chi connectivity index (χ0n) is 14.5. The number of aromatic nitrogens is 2. The molecule has 0 aliphatic rings. The van der Waals surface area contributed by atoms with Gasteiger partial charge in [-0.2, -0.15) is 0 Å². The van der Waals surface area contributed by atoms with Crippen molar-refractivity contribution < 1.29 is 31.2 Å². The van der Waals surface area contributed by atoms with Gasteiger partial charge in [-0.15, -0.1) is 10.2 Å². The van der Waals surface area contributed by atoms with Crippen LogP contribution in [0.3, 0.4) is 0 Å². The molecule has 9 nitrogen and oxygen atoms in total. The highest BCUT2D eigenvalue weighted by atomic mass is 32.2. The standard InChI is InChI=1S/C17H16FN3O6S/c18-12-5-7-13(8-6-12)28(23,24)19-9-1-4-16(22)26-11-15-20-21-17(27-15)14-3-2-10-25-14/h2-3,5-8,10,19H,1,4,9,11H2. The molecule has 0 aliphatic heterocycles. The van der Waals surface area contributed by atoms with Gasteiger partial charge >= 0.3 is 5.97 Å². The summed E-state index contributed by atoms with van der Waals surface area (Å²) in [5, 5.41) is 7.51. The third-order valence-corrected chi connectivity index (χ3v) is 5.01. The van der Waals surface area contributed by atoms with Gasteiger partial charge < -0.3 is 13.6 Å². The number of esters is 1. The van der Waals surface area contributed by atoms with E-state index in [2.05, 4.69) is 14.9 Å². The maximum atomic E-state index is 12.9. The summed E-state index contributed by atoms with van der Waals surface area (Å²) in [4.78, 5) is 11.7. The van der Waals surface area contributed by atoms with Crippen LogP contribution >= 0.6 is 0 Å². The van der Waals surface area contributed by atoms with Gasteiger partial charge in [0.05, 0.1) is 11.2 Å². The summed E-state index contributed by atoms with van der Waals surface area (Å²) >= 11 is 0. The third-order valence-electron chi connectivity index (χ3n) is 3.53. The van der Waals surface area contributed by atoms with E-state index >= 15 is 0 Å². The number of hydrogen-bond acceptors (Lipinski definition) is 8. The molecule has 2 heterocycles. The Morgan fingerprint density at radius 3 is 2.68 bits per heavy atom. The number of sulfonamides is 1. The number of rotatable bonds is 9.